The van der Waals surface area contributed by atoms with E-state index in [1.54, 1.807) is 18.7 Å². The SMILES string of the molecule is CC1CC(=O)NC(C)(C2CC2)C(=O)N1CCS(C)(=O)=O. The van der Waals surface area contributed by atoms with E-state index in [1.807, 2.05) is 0 Å². The molecule has 2 fully saturated rings. The first kappa shape index (κ1) is 15.3. The van der Waals surface area contributed by atoms with Gasteiger partial charge in [-0.2, -0.15) is 0 Å². The van der Waals surface area contributed by atoms with Crippen LogP contribution in [0.25, 0.3) is 0 Å². The van der Waals surface area contributed by atoms with Crippen LogP contribution in [0.4, 0.5) is 0 Å². The Morgan fingerprint density at radius 1 is 1.35 bits per heavy atom. The Morgan fingerprint density at radius 3 is 2.45 bits per heavy atom. The second-order valence-electron chi connectivity index (χ2n) is 6.21. The molecule has 1 saturated carbocycles. The highest BCUT2D eigenvalue weighted by molar-refractivity contribution is 7.90. The molecule has 20 heavy (non-hydrogen) atoms. The van der Waals surface area contributed by atoms with Crippen LogP contribution < -0.4 is 5.32 Å². The number of amides is 2. The van der Waals surface area contributed by atoms with E-state index >= 15 is 0 Å². The Labute approximate surface area is 119 Å². The van der Waals surface area contributed by atoms with Crippen LogP contribution in [0.5, 0.6) is 0 Å². The lowest BCUT2D eigenvalue weighted by Crippen LogP contribution is -2.57. The topological polar surface area (TPSA) is 83.6 Å². The summed E-state index contributed by atoms with van der Waals surface area (Å²) in [5.41, 5.74) is -0.876. The van der Waals surface area contributed by atoms with Crippen LogP contribution in [0.1, 0.15) is 33.1 Å². The van der Waals surface area contributed by atoms with Crippen molar-refractivity contribution in [1.29, 1.82) is 0 Å². The van der Waals surface area contributed by atoms with Gasteiger partial charge in [0.05, 0.1) is 5.75 Å². The predicted molar refractivity (Wildman–Crippen MR) is 74.8 cm³/mol. The summed E-state index contributed by atoms with van der Waals surface area (Å²) in [4.78, 5) is 26.2. The van der Waals surface area contributed by atoms with Gasteiger partial charge in [-0.3, -0.25) is 9.59 Å². The third-order valence-electron chi connectivity index (χ3n) is 4.21. The molecule has 0 aromatic heterocycles. The van der Waals surface area contributed by atoms with Crippen LogP contribution in [0, 0.1) is 5.92 Å². The maximum atomic E-state index is 12.7. The summed E-state index contributed by atoms with van der Waals surface area (Å²) < 4.78 is 22.6. The van der Waals surface area contributed by atoms with Crippen molar-refractivity contribution in [3.8, 4) is 0 Å². The van der Waals surface area contributed by atoms with Crippen molar-refractivity contribution in [2.75, 3.05) is 18.6 Å². The van der Waals surface area contributed by atoms with E-state index in [9.17, 15) is 18.0 Å². The molecule has 0 spiro atoms. The van der Waals surface area contributed by atoms with Crippen LogP contribution in [-0.4, -0.2) is 55.3 Å². The van der Waals surface area contributed by atoms with Crippen LogP contribution in [0.15, 0.2) is 0 Å². The molecule has 1 aliphatic heterocycles. The Balaban J connectivity index is 2.23. The molecule has 0 aromatic rings. The van der Waals surface area contributed by atoms with Gasteiger partial charge in [0.25, 0.3) is 0 Å². The molecular formula is C13H22N2O4S. The Hall–Kier alpha value is -1.11. The van der Waals surface area contributed by atoms with Gasteiger partial charge in [-0.15, -0.1) is 0 Å². The highest BCUT2D eigenvalue weighted by Crippen LogP contribution is 2.41. The number of nitrogens with one attached hydrogen (secondary N) is 1. The molecule has 2 aliphatic rings. The highest BCUT2D eigenvalue weighted by Gasteiger charge is 2.52. The van der Waals surface area contributed by atoms with Crippen LogP contribution in [-0.2, 0) is 19.4 Å². The first-order chi connectivity index (χ1) is 9.13. The quantitative estimate of drug-likeness (QED) is 0.788. The molecule has 1 heterocycles. The molecule has 2 atom stereocenters. The Morgan fingerprint density at radius 2 is 1.95 bits per heavy atom. The second kappa shape index (κ2) is 5.02. The summed E-state index contributed by atoms with van der Waals surface area (Å²) in [6, 6.07) is -0.273. The molecule has 2 rings (SSSR count). The van der Waals surface area contributed by atoms with Crippen molar-refractivity contribution < 1.29 is 18.0 Å². The standard InChI is InChI=1S/C13H22N2O4S/c1-9-8-11(16)14-13(2,10-4-5-10)12(17)15(9)6-7-20(3,18)19/h9-10H,4-8H2,1-3H3,(H,14,16). The van der Waals surface area contributed by atoms with E-state index in [2.05, 4.69) is 5.32 Å². The van der Waals surface area contributed by atoms with Crippen LogP contribution in [0.2, 0.25) is 0 Å². The number of carbonyl (C=O) groups excluding carboxylic acids is 2. The van der Waals surface area contributed by atoms with E-state index in [-0.39, 0.29) is 42.5 Å². The molecule has 1 saturated heterocycles. The monoisotopic (exact) mass is 302 g/mol. The zero-order valence-corrected chi connectivity index (χ0v) is 13.0. The fourth-order valence-electron chi connectivity index (χ4n) is 2.79. The summed E-state index contributed by atoms with van der Waals surface area (Å²) in [5, 5.41) is 2.84. The molecular weight excluding hydrogens is 280 g/mol. The van der Waals surface area contributed by atoms with Crippen LogP contribution in [0.3, 0.4) is 0 Å². The molecule has 0 radical (unpaired) electrons. The van der Waals surface area contributed by atoms with Crippen molar-refractivity contribution in [2.24, 2.45) is 5.92 Å². The predicted octanol–water partition coefficient (Wildman–Crippen LogP) is -0.0633. The van der Waals surface area contributed by atoms with E-state index < -0.39 is 15.4 Å². The second-order valence-corrected chi connectivity index (χ2v) is 8.47. The van der Waals surface area contributed by atoms with Crippen molar-refractivity contribution in [3.05, 3.63) is 0 Å². The first-order valence-corrected chi connectivity index (χ1v) is 8.99. The van der Waals surface area contributed by atoms with Gasteiger partial charge in [0.2, 0.25) is 11.8 Å². The fraction of sp³-hybridized carbons (Fsp3) is 0.846. The van der Waals surface area contributed by atoms with Gasteiger partial charge in [-0.25, -0.2) is 8.42 Å². The molecule has 7 heteroatoms. The molecule has 1 N–H and O–H groups in total. The van der Waals surface area contributed by atoms with Crippen molar-refractivity contribution in [2.45, 2.75) is 44.7 Å². The molecule has 6 nitrogen and oxygen atoms in total. The first-order valence-electron chi connectivity index (χ1n) is 6.93. The van der Waals surface area contributed by atoms with Gasteiger partial charge < -0.3 is 10.2 Å². The molecule has 0 bridgehead atoms. The maximum absolute atomic E-state index is 12.7. The fourth-order valence-corrected chi connectivity index (χ4v) is 3.32. The van der Waals surface area contributed by atoms with E-state index in [0.717, 1.165) is 19.1 Å². The lowest BCUT2D eigenvalue weighted by molar-refractivity contribution is -0.140. The van der Waals surface area contributed by atoms with Crippen molar-refractivity contribution in [3.63, 3.8) is 0 Å². The summed E-state index contributed by atoms with van der Waals surface area (Å²) in [6.07, 6.45) is 3.23. The number of carbonyl (C=O) groups is 2. The number of rotatable bonds is 4. The minimum Gasteiger partial charge on any atom is -0.342 e. The molecule has 2 unspecified atom stereocenters. The highest BCUT2D eigenvalue weighted by atomic mass is 32.2. The smallest absolute Gasteiger partial charge is 0.248 e. The van der Waals surface area contributed by atoms with Gasteiger partial charge in [0.15, 0.2) is 0 Å². The minimum atomic E-state index is -3.14. The maximum Gasteiger partial charge on any atom is 0.248 e. The van der Waals surface area contributed by atoms with E-state index in [4.69, 9.17) is 0 Å². The zero-order chi connectivity index (χ0) is 15.1. The number of hydrogen-bond acceptors (Lipinski definition) is 4. The molecule has 114 valence electrons. The summed E-state index contributed by atoms with van der Waals surface area (Å²) in [6.45, 7) is 3.70. The summed E-state index contributed by atoms with van der Waals surface area (Å²) in [5.74, 6) is -0.188. The van der Waals surface area contributed by atoms with Crippen molar-refractivity contribution in [1.82, 2.24) is 10.2 Å². The Bertz CT molecular complexity index is 526. The van der Waals surface area contributed by atoms with Crippen LogP contribution >= 0.6 is 0 Å². The average molecular weight is 302 g/mol. The Kier molecular flexibility index (Phi) is 3.83. The third kappa shape index (κ3) is 3.13. The lowest BCUT2D eigenvalue weighted by Gasteiger charge is -2.34. The zero-order valence-electron chi connectivity index (χ0n) is 12.2. The third-order valence-corrected chi connectivity index (χ3v) is 5.14. The van der Waals surface area contributed by atoms with Gasteiger partial charge in [-0.05, 0) is 32.6 Å². The number of sulfone groups is 1. The normalized spacial score (nSPS) is 31.9. The van der Waals surface area contributed by atoms with Gasteiger partial charge in [-0.1, -0.05) is 0 Å². The lowest BCUT2D eigenvalue weighted by atomic mass is 9.94. The minimum absolute atomic E-state index is 0.0714. The van der Waals surface area contributed by atoms with E-state index in [1.165, 1.54) is 0 Å². The van der Waals surface area contributed by atoms with Gasteiger partial charge in [0, 0.05) is 25.3 Å². The largest absolute Gasteiger partial charge is 0.342 e. The van der Waals surface area contributed by atoms with Gasteiger partial charge >= 0.3 is 0 Å². The van der Waals surface area contributed by atoms with Gasteiger partial charge in [0.1, 0.15) is 15.4 Å². The number of hydrogen-bond donors (Lipinski definition) is 1. The molecule has 1 aliphatic carbocycles. The number of nitrogens with zero attached hydrogens (tertiary/aromatic N) is 1. The van der Waals surface area contributed by atoms with Crippen molar-refractivity contribution >= 4 is 21.7 Å². The van der Waals surface area contributed by atoms with E-state index in [0.29, 0.717) is 0 Å². The summed E-state index contributed by atoms with van der Waals surface area (Å²) >= 11 is 0. The molecule has 0 aromatic carbocycles. The summed E-state index contributed by atoms with van der Waals surface area (Å²) in [7, 11) is -3.14. The molecule has 2 amide bonds. The average Bonchev–Trinajstić information content (AvgIpc) is 3.09.